The zero-order valence-electron chi connectivity index (χ0n) is 14.3. The number of benzene rings is 1. The molecule has 1 saturated heterocycles. The van der Waals surface area contributed by atoms with E-state index in [4.69, 9.17) is 0 Å². The highest BCUT2D eigenvalue weighted by molar-refractivity contribution is 5.83. The number of aromatic nitrogens is 1. The summed E-state index contributed by atoms with van der Waals surface area (Å²) < 4.78 is 16.9. The van der Waals surface area contributed by atoms with Crippen molar-refractivity contribution < 1.29 is 4.39 Å². The topological polar surface area (TPSA) is 28.5 Å². The van der Waals surface area contributed by atoms with Crippen LogP contribution in [0.5, 0.6) is 0 Å². The number of rotatable bonds is 3. The van der Waals surface area contributed by atoms with Crippen LogP contribution in [0.2, 0.25) is 0 Å². The molecule has 1 aromatic heterocycles. The maximum absolute atomic E-state index is 14.7. The summed E-state index contributed by atoms with van der Waals surface area (Å²) in [5.41, 5.74) is 1.40. The van der Waals surface area contributed by atoms with Crippen LogP contribution in [0.4, 0.5) is 10.1 Å². The zero-order chi connectivity index (χ0) is 16.8. The van der Waals surface area contributed by atoms with Crippen molar-refractivity contribution in [3.05, 3.63) is 40.4 Å². The van der Waals surface area contributed by atoms with Crippen LogP contribution in [0.15, 0.2) is 29.2 Å². The van der Waals surface area contributed by atoms with Crippen molar-refractivity contribution in [2.24, 2.45) is 0 Å². The Morgan fingerprint density at radius 1 is 1.25 bits per heavy atom. The van der Waals surface area contributed by atoms with E-state index in [1.54, 1.807) is 6.07 Å². The van der Waals surface area contributed by atoms with E-state index in [2.05, 4.69) is 28.2 Å². The number of hydrogen-bond acceptors (Lipinski definition) is 3. The van der Waals surface area contributed by atoms with Crippen LogP contribution in [-0.4, -0.2) is 41.7 Å². The van der Waals surface area contributed by atoms with Gasteiger partial charge < -0.3 is 9.47 Å². The van der Waals surface area contributed by atoms with E-state index in [1.165, 1.54) is 6.07 Å². The molecule has 0 spiro atoms. The maximum atomic E-state index is 14.7. The van der Waals surface area contributed by atoms with E-state index in [-0.39, 0.29) is 11.2 Å². The largest absolute Gasteiger partial charge is 0.366 e. The first kappa shape index (κ1) is 15.6. The number of hydrogen-bond donors (Lipinski definition) is 0. The van der Waals surface area contributed by atoms with Gasteiger partial charge in [-0.3, -0.25) is 9.69 Å². The van der Waals surface area contributed by atoms with Crippen molar-refractivity contribution in [1.82, 2.24) is 9.47 Å². The van der Waals surface area contributed by atoms with Crippen molar-refractivity contribution in [2.45, 2.75) is 38.8 Å². The maximum Gasteiger partial charge on any atom is 0.189 e. The van der Waals surface area contributed by atoms with Gasteiger partial charge in [0.1, 0.15) is 5.82 Å². The smallest absolute Gasteiger partial charge is 0.189 e. The first-order valence-corrected chi connectivity index (χ1v) is 8.92. The molecule has 0 bridgehead atoms. The lowest BCUT2D eigenvalue weighted by Crippen LogP contribution is -2.52. The first-order chi connectivity index (χ1) is 11.6. The number of nitrogens with zero attached hydrogens (tertiary/aromatic N) is 3. The first-order valence-electron chi connectivity index (χ1n) is 8.92. The molecule has 4 nitrogen and oxygen atoms in total. The van der Waals surface area contributed by atoms with E-state index in [0.717, 1.165) is 44.5 Å². The Hall–Kier alpha value is -1.88. The number of pyridine rings is 1. The summed E-state index contributed by atoms with van der Waals surface area (Å²) >= 11 is 0. The zero-order valence-corrected chi connectivity index (χ0v) is 14.3. The predicted octanol–water partition coefficient (Wildman–Crippen LogP) is 3.01. The molecule has 1 aromatic carbocycles. The molecule has 1 aliphatic carbocycles. The molecule has 5 heteroatoms. The SMILES string of the molecule is CCN1CCN(c2cc3c(cc2F)c(=O)ccn3C2CC2)CC1C. The summed E-state index contributed by atoms with van der Waals surface area (Å²) in [4.78, 5) is 16.7. The van der Waals surface area contributed by atoms with E-state index in [1.807, 2.05) is 12.3 Å². The van der Waals surface area contributed by atoms with Gasteiger partial charge in [0.15, 0.2) is 5.43 Å². The molecule has 1 aliphatic heterocycles. The van der Waals surface area contributed by atoms with Gasteiger partial charge >= 0.3 is 0 Å². The van der Waals surface area contributed by atoms with Crippen molar-refractivity contribution in [3.8, 4) is 0 Å². The van der Waals surface area contributed by atoms with E-state index < -0.39 is 0 Å². The van der Waals surface area contributed by atoms with Gasteiger partial charge in [0, 0.05) is 49.4 Å². The fourth-order valence-corrected chi connectivity index (χ4v) is 3.88. The van der Waals surface area contributed by atoms with Gasteiger partial charge in [-0.2, -0.15) is 0 Å². The van der Waals surface area contributed by atoms with Gasteiger partial charge in [-0.25, -0.2) is 4.39 Å². The average molecular weight is 329 g/mol. The van der Waals surface area contributed by atoms with Crippen LogP contribution in [0.3, 0.4) is 0 Å². The average Bonchev–Trinajstić information content (AvgIpc) is 3.40. The minimum atomic E-state index is -0.287. The molecule has 0 N–H and O–H groups in total. The Morgan fingerprint density at radius 2 is 2.04 bits per heavy atom. The fraction of sp³-hybridized carbons (Fsp3) is 0.526. The van der Waals surface area contributed by atoms with Crippen LogP contribution in [-0.2, 0) is 0 Å². The van der Waals surface area contributed by atoms with Gasteiger partial charge in [0.05, 0.1) is 11.2 Å². The summed E-state index contributed by atoms with van der Waals surface area (Å²) in [7, 11) is 0. The van der Waals surface area contributed by atoms with Crippen molar-refractivity contribution >= 4 is 16.6 Å². The second-order valence-corrected chi connectivity index (χ2v) is 7.06. The second kappa shape index (κ2) is 5.88. The quantitative estimate of drug-likeness (QED) is 0.867. The van der Waals surface area contributed by atoms with Crippen LogP contribution < -0.4 is 10.3 Å². The van der Waals surface area contributed by atoms with Crippen molar-refractivity contribution in [1.29, 1.82) is 0 Å². The van der Waals surface area contributed by atoms with E-state index in [9.17, 15) is 9.18 Å². The third-order valence-electron chi connectivity index (χ3n) is 5.45. The Kier molecular flexibility index (Phi) is 3.83. The highest BCUT2D eigenvalue weighted by atomic mass is 19.1. The highest BCUT2D eigenvalue weighted by Crippen LogP contribution is 2.37. The molecule has 2 fully saturated rings. The molecule has 4 rings (SSSR count). The van der Waals surface area contributed by atoms with Crippen LogP contribution in [0.25, 0.3) is 10.9 Å². The second-order valence-electron chi connectivity index (χ2n) is 7.06. The van der Waals surface area contributed by atoms with Crippen molar-refractivity contribution in [3.63, 3.8) is 0 Å². The summed E-state index contributed by atoms with van der Waals surface area (Å²) in [6.45, 7) is 7.96. The number of anilines is 1. The molecule has 0 radical (unpaired) electrons. The van der Waals surface area contributed by atoms with Crippen LogP contribution in [0, 0.1) is 5.82 Å². The normalized spacial score (nSPS) is 22.3. The molecule has 1 unspecified atom stereocenters. The summed E-state index contributed by atoms with van der Waals surface area (Å²) in [6, 6.07) is 5.74. The van der Waals surface area contributed by atoms with Gasteiger partial charge in [-0.1, -0.05) is 6.92 Å². The van der Waals surface area contributed by atoms with E-state index >= 15 is 0 Å². The Bertz CT molecular complexity index is 827. The third kappa shape index (κ3) is 2.61. The molecule has 2 aromatic rings. The van der Waals surface area contributed by atoms with Crippen molar-refractivity contribution in [2.75, 3.05) is 31.1 Å². The summed E-state index contributed by atoms with van der Waals surface area (Å²) in [5, 5.41) is 0.492. The molecular weight excluding hydrogens is 305 g/mol. The number of halogens is 1. The molecule has 1 atom stereocenters. The fourth-order valence-electron chi connectivity index (χ4n) is 3.88. The molecule has 24 heavy (non-hydrogen) atoms. The molecule has 128 valence electrons. The van der Waals surface area contributed by atoms with Crippen LogP contribution >= 0.6 is 0 Å². The molecule has 0 amide bonds. The Morgan fingerprint density at radius 3 is 2.71 bits per heavy atom. The minimum Gasteiger partial charge on any atom is -0.366 e. The van der Waals surface area contributed by atoms with Gasteiger partial charge in [0.25, 0.3) is 0 Å². The minimum absolute atomic E-state index is 0.100. The Labute approximate surface area is 141 Å². The summed E-state index contributed by atoms with van der Waals surface area (Å²) in [5.74, 6) is -0.287. The van der Waals surface area contributed by atoms with Gasteiger partial charge in [-0.15, -0.1) is 0 Å². The molecule has 2 heterocycles. The lowest BCUT2D eigenvalue weighted by atomic mass is 10.1. The van der Waals surface area contributed by atoms with Gasteiger partial charge in [0.2, 0.25) is 0 Å². The van der Waals surface area contributed by atoms with E-state index in [0.29, 0.717) is 23.2 Å². The highest BCUT2D eigenvalue weighted by Gasteiger charge is 2.27. The standard InChI is InChI=1S/C19H24FN3O/c1-3-21-8-9-22(12-13(21)2)18-11-17-15(10-16(18)20)19(24)6-7-23(17)14-4-5-14/h6-7,10-11,13-14H,3-5,8-9,12H2,1-2H3. The number of fused-ring (bicyclic) bond motifs is 1. The number of piperazine rings is 1. The lowest BCUT2D eigenvalue weighted by Gasteiger charge is -2.40. The number of likely N-dealkylation sites (N-methyl/N-ethyl adjacent to an activating group) is 1. The monoisotopic (exact) mass is 329 g/mol. The predicted molar refractivity (Wildman–Crippen MR) is 95.4 cm³/mol. The molecule has 1 saturated carbocycles. The third-order valence-corrected chi connectivity index (χ3v) is 5.45. The van der Waals surface area contributed by atoms with Gasteiger partial charge in [-0.05, 0) is 38.4 Å². The lowest BCUT2D eigenvalue weighted by molar-refractivity contribution is 0.199. The van der Waals surface area contributed by atoms with Crippen LogP contribution in [0.1, 0.15) is 32.7 Å². The molecule has 2 aliphatic rings. The summed E-state index contributed by atoms with van der Waals surface area (Å²) in [6.07, 6.45) is 4.13. The molecular formula is C19H24FN3O. The Balaban J connectivity index is 1.77.